The Kier molecular flexibility index (Phi) is 11.2. The monoisotopic (exact) mass is 740 g/mol. The highest BCUT2D eigenvalue weighted by molar-refractivity contribution is 8.00. The Morgan fingerprint density at radius 2 is 1.53 bits per heavy atom. The number of benzene rings is 4. The van der Waals surface area contributed by atoms with Crippen LogP contribution in [0.5, 0.6) is 0 Å². The predicted octanol–water partition coefficient (Wildman–Crippen LogP) is 10.1. The molecule has 0 spiro atoms. The molecule has 4 aromatic carbocycles. The average molecular weight is 742 g/mol. The van der Waals surface area contributed by atoms with Gasteiger partial charge in [0.1, 0.15) is 10.9 Å². The zero-order valence-electron chi connectivity index (χ0n) is 25.4. The third kappa shape index (κ3) is 9.05. The van der Waals surface area contributed by atoms with Gasteiger partial charge in [-0.2, -0.15) is 11.3 Å². The molecule has 1 atom stereocenters. The van der Waals surface area contributed by atoms with Crippen molar-refractivity contribution in [3.8, 4) is 11.3 Å². The second-order valence-electron chi connectivity index (χ2n) is 10.5. The topological polar surface area (TPSA) is 100 Å². The van der Waals surface area contributed by atoms with E-state index >= 15 is 0 Å². The number of halogens is 2. The summed E-state index contributed by atoms with van der Waals surface area (Å²) in [5.41, 5.74) is 4.15. The van der Waals surface area contributed by atoms with Crippen LogP contribution in [-0.2, 0) is 9.59 Å². The van der Waals surface area contributed by atoms with Crippen LogP contribution >= 0.6 is 57.6 Å². The molecule has 6 rings (SSSR count). The van der Waals surface area contributed by atoms with Crippen molar-refractivity contribution in [1.82, 2.24) is 10.3 Å². The van der Waals surface area contributed by atoms with Crippen LogP contribution < -0.4 is 16.0 Å². The van der Waals surface area contributed by atoms with E-state index < -0.39 is 17.1 Å². The summed E-state index contributed by atoms with van der Waals surface area (Å²) in [5.74, 6) is -1.10. The zero-order valence-corrected chi connectivity index (χ0v) is 29.4. The van der Waals surface area contributed by atoms with E-state index in [1.807, 2.05) is 76.8 Å². The maximum absolute atomic E-state index is 13.7. The van der Waals surface area contributed by atoms with Gasteiger partial charge in [0.15, 0.2) is 5.13 Å². The van der Waals surface area contributed by atoms with Gasteiger partial charge in [-0.25, -0.2) is 4.98 Å². The second kappa shape index (κ2) is 16.1. The molecule has 0 radical (unpaired) electrons. The van der Waals surface area contributed by atoms with E-state index in [4.69, 9.17) is 23.2 Å². The van der Waals surface area contributed by atoms with E-state index in [-0.39, 0.29) is 11.6 Å². The molecule has 2 heterocycles. The molecule has 3 N–H and O–H groups in total. The molecule has 0 saturated heterocycles. The van der Waals surface area contributed by atoms with Gasteiger partial charge in [0.25, 0.3) is 11.8 Å². The lowest BCUT2D eigenvalue weighted by atomic mass is 10.1. The van der Waals surface area contributed by atoms with Gasteiger partial charge in [0.2, 0.25) is 5.91 Å². The number of thioether (sulfide) groups is 1. The van der Waals surface area contributed by atoms with Crippen molar-refractivity contribution < 1.29 is 14.4 Å². The molecular formula is C37H26Cl2N4O3S3. The molecule has 7 nitrogen and oxygen atoms in total. The normalized spacial score (nSPS) is 11.8. The molecule has 0 fully saturated rings. The van der Waals surface area contributed by atoms with Crippen molar-refractivity contribution in [3.63, 3.8) is 0 Å². The highest BCUT2D eigenvalue weighted by Crippen LogP contribution is 2.37. The average Bonchev–Trinajstić information content (AvgIpc) is 3.82. The smallest absolute Gasteiger partial charge is 0.272 e. The molecule has 0 bridgehead atoms. The number of nitrogens with one attached hydrogen (secondary N) is 3. The van der Waals surface area contributed by atoms with Crippen LogP contribution in [0.25, 0.3) is 17.3 Å². The van der Waals surface area contributed by atoms with Gasteiger partial charge in [-0.1, -0.05) is 77.8 Å². The van der Waals surface area contributed by atoms with E-state index in [0.29, 0.717) is 32.1 Å². The molecule has 0 aliphatic rings. The molecule has 0 aliphatic carbocycles. The molecule has 1 unspecified atom stereocenters. The van der Waals surface area contributed by atoms with Crippen molar-refractivity contribution in [2.45, 2.75) is 10.1 Å². The zero-order chi connectivity index (χ0) is 34.2. The standard InChI is InChI=1S/C37H26Cl2N4O3S3/c38-29-16-11-26(20-30(29)39)32-22-48-37(42-32)43-36(46)33(24-7-3-1-4-8-24)49-28-14-12-27(13-15-28)40-35(45)31(19-23-17-18-47-21-23)41-34(44)25-9-5-2-6-10-25/h1-22,33H,(H,40,45)(H,41,44)(H,42,43,46)/b31-19-. The number of hydrogen-bond donors (Lipinski definition) is 3. The summed E-state index contributed by atoms with van der Waals surface area (Å²) in [6.07, 6.45) is 1.63. The summed E-state index contributed by atoms with van der Waals surface area (Å²) < 4.78 is 0. The lowest BCUT2D eigenvalue weighted by Crippen LogP contribution is -2.30. The second-order valence-corrected chi connectivity index (χ2v) is 14.1. The number of thiazole rings is 1. The maximum Gasteiger partial charge on any atom is 0.272 e. The third-order valence-corrected chi connectivity index (χ3v) is 10.5. The van der Waals surface area contributed by atoms with Gasteiger partial charge < -0.3 is 16.0 Å². The van der Waals surface area contributed by atoms with Crippen LogP contribution in [0.15, 0.2) is 136 Å². The number of rotatable bonds is 11. The molecular weight excluding hydrogens is 716 g/mol. The molecule has 3 amide bonds. The summed E-state index contributed by atoms with van der Waals surface area (Å²) in [7, 11) is 0. The molecule has 6 aromatic rings. The summed E-state index contributed by atoms with van der Waals surface area (Å²) in [6.45, 7) is 0. The van der Waals surface area contributed by atoms with Gasteiger partial charge in [-0.15, -0.1) is 23.1 Å². The van der Waals surface area contributed by atoms with Crippen LogP contribution in [0.1, 0.15) is 26.7 Å². The van der Waals surface area contributed by atoms with Crippen LogP contribution in [0.2, 0.25) is 10.0 Å². The fraction of sp³-hybridized carbons (Fsp3) is 0.0270. The fourth-order valence-electron chi connectivity index (χ4n) is 4.61. The van der Waals surface area contributed by atoms with E-state index in [1.165, 1.54) is 34.4 Å². The van der Waals surface area contributed by atoms with Gasteiger partial charge in [-0.3, -0.25) is 14.4 Å². The minimum Gasteiger partial charge on any atom is -0.321 e. The highest BCUT2D eigenvalue weighted by atomic mass is 35.5. The van der Waals surface area contributed by atoms with Crippen molar-refractivity contribution in [2.24, 2.45) is 0 Å². The molecule has 244 valence electrons. The van der Waals surface area contributed by atoms with Gasteiger partial charge in [0.05, 0.1) is 15.7 Å². The van der Waals surface area contributed by atoms with Crippen LogP contribution in [0.3, 0.4) is 0 Å². The maximum atomic E-state index is 13.7. The minimum atomic E-state index is -0.590. The lowest BCUT2D eigenvalue weighted by molar-refractivity contribution is -0.116. The predicted molar refractivity (Wildman–Crippen MR) is 203 cm³/mol. The SMILES string of the molecule is O=C(Nc1ccc(SC(C(=O)Nc2nc(-c3ccc(Cl)c(Cl)c3)cs2)c2ccccc2)cc1)/C(=C/c1ccsc1)NC(=O)c1ccccc1. The first-order chi connectivity index (χ1) is 23.8. The minimum absolute atomic E-state index is 0.107. The summed E-state index contributed by atoms with van der Waals surface area (Å²) >= 11 is 16.4. The Morgan fingerprint density at radius 3 is 2.22 bits per heavy atom. The van der Waals surface area contributed by atoms with Gasteiger partial charge >= 0.3 is 0 Å². The van der Waals surface area contributed by atoms with E-state index in [1.54, 1.807) is 54.6 Å². The largest absolute Gasteiger partial charge is 0.321 e. The Balaban J connectivity index is 1.15. The van der Waals surface area contributed by atoms with Crippen LogP contribution in [0, 0.1) is 0 Å². The Bertz CT molecular complexity index is 2100. The lowest BCUT2D eigenvalue weighted by Gasteiger charge is -2.17. The third-order valence-electron chi connectivity index (χ3n) is 7.04. The molecule has 0 saturated carbocycles. The Morgan fingerprint density at radius 1 is 0.796 bits per heavy atom. The fourth-order valence-corrected chi connectivity index (χ4v) is 7.27. The first-order valence-corrected chi connectivity index (χ1v) is 18.2. The summed E-state index contributed by atoms with van der Waals surface area (Å²) in [5, 5.41) is 15.0. The van der Waals surface area contributed by atoms with Crippen molar-refractivity contribution in [1.29, 1.82) is 0 Å². The quantitative estimate of drug-likeness (QED) is 0.0907. The number of anilines is 2. The molecule has 0 aliphatic heterocycles. The van der Waals surface area contributed by atoms with Crippen LogP contribution in [0.4, 0.5) is 10.8 Å². The highest BCUT2D eigenvalue weighted by Gasteiger charge is 2.24. The summed E-state index contributed by atoms with van der Waals surface area (Å²) in [4.78, 5) is 45.3. The number of aromatic nitrogens is 1. The summed E-state index contributed by atoms with van der Waals surface area (Å²) in [6, 6.07) is 32.5. The van der Waals surface area contributed by atoms with E-state index in [2.05, 4.69) is 20.9 Å². The number of carbonyl (C=O) groups is 3. The first kappa shape index (κ1) is 34.2. The first-order valence-electron chi connectivity index (χ1n) is 14.8. The molecule has 2 aromatic heterocycles. The number of nitrogens with zero attached hydrogens (tertiary/aromatic N) is 1. The van der Waals surface area contributed by atoms with Crippen LogP contribution in [-0.4, -0.2) is 22.7 Å². The molecule has 49 heavy (non-hydrogen) atoms. The number of carbonyl (C=O) groups excluding carboxylic acids is 3. The Hall–Kier alpha value is -4.71. The van der Waals surface area contributed by atoms with Crippen molar-refractivity contribution >= 4 is 92.3 Å². The molecule has 12 heteroatoms. The van der Waals surface area contributed by atoms with Crippen molar-refractivity contribution in [3.05, 3.63) is 158 Å². The van der Waals surface area contributed by atoms with E-state index in [0.717, 1.165) is 21.6 Å². The number of thiophene rings is 1. The van der Waals surface area contributed by atoms with Gasteiger partial charge in [-0.05, 0) is 82.6 Å². The Labute approximate surface area is 305 Å². The van der Waals surface area contributed by atoms with Crippen molar-refractivity contribution in [2.75, 3.05) is 10.6 Å². The van der Waals surface area contributed by atoms with E-state index in [9.17, 15) is 14.4 Å². The number of hydrogen-bond acceptors (Lipinski definition) is 7. The number of amides is 3. The van der Waals surface area contributed by atoms with Gasteiger partial charge in [0, 0.05) is 27.1 Å².